The summed E-state index contributed by atoms with van der Waals surface area (Å²) in [6.07, 6.45) is 28.0. The van der Waals surface area contributed by atoms with Crippen molar-refractivity contribution in [2.75, 3.05) is 26.2 Å². The van der Waals surface area contributed by atoms with Crippen LogP contribution in [-0.2, 0) is 4.79 Å². The molecule has 4 heteroatoms. The molecule has 0 bridgehead atoms. The lowest BCUT2D eigenvalue weighted by Gasteiger charge is -2.28. The second-order valence-corrected chi connectivity index (χ2v) is 11.3. The molecule has 1 amide bonds. The lowest BCUT2D eigenvalue weighted by Crippen LogP contribution is -2.36. The van der Waals surface area contributed by atoms with Crippen LogP contribution in [0.2, 0.25) is 0 Å². The molecular formula is C31H62N2O2. The van der Waals surface area contributed by atoms with E-state index in [1.165, 1.54) is 122 Å². The topological polar surface area (TPSA) is 52.6 Å². The van der Waals surface area contributed by atoms with Crippen molar-refractivity contribution in [3.8, 4) is 0 Å². The lowest BCUT2D eigenvalue weighted by molar-refractivity contribution is -0.122. The molecule has 0 aromatic rings. The molecule has 0 saturated heterocycles. The smallest absolute Gasteiger partial charge is 0.220 e. The number of carbonyl (C=O) groups excluding carboxylic acids is 1. The molecule has 2 N–H and O–H groups in total. The van der Waals surface area contributed by atoms with Gasteiger partial charge in [0, 0.05) is 25.6 Å². The van der Waals surface area contributed by atoms with Crippen LogP contribution in [0.3, 0.4) is 0 Å². The Labute approximate surface area is 219 Å². The molecule has 0 radical (unpaired) electrons. The number of hydrogen-bond acceptors (Lipinski definition) is 3. The summed E-state index contributed by atoms with van der Waals surface area (Å²) in [6.45, 7) is 7.56. The average Bonchev–Trinajstić information content (AvgIpc) is 3.39. The number of aliphatic hydroxyl groups excluding tert-OH is 1. The Morgan fingerprint density at radius 3 is 1.89 bits per heavy atom. The van der Waals surface area contributed by atoms with E-state index in [1.807, 2.05) is 0 Å². The van der Waals surface area contributed by atoms with Crippen LogP contribution in [0.25, 0.3) is 0 Å². The van der Waals surface area contributed by atoms with E-state index in [1.54, 1.807) is 0 Å². The van der Waals surface area contributed by atoms with E-state index >= 15 is 0 Å². The van der Waals surface area contributed by atoms with Crippen LogP contribution in [0.15, 0.2) is 0 Å². The van der Waals surface area contributed by atoms with Crippen molar-refractivity contribution in [2.45, 2.75) is 161 Å². The minimum absolute atomic E-state index is 0.269. The molecule has 0 spiro atoms. The third kappa shape index (κ3) is 18.3. The molecule has 1 rings (SSSR count). The van der Waals surface area contributed by atoms with E-state index in [-0.39, 0.29) is 12.5 Å². The first kappa shape index (κ1) is 32.4. The zero-order chi connectivity index (χ0) is 25.4. The van der Waals surface area contributed by atoms with Gasteiger partial charge in [0.25, 0.3) is 0 Å². The molecule has 1 aliphatic carbocycles. The van der Waals surface area contributed by atoms with Crippen molar-refractivity contribution < 1.29 is 9.90 Å². The van der Waals surface area contributed by atoms with Gasteiger partial charge in [-0.2, -0.15) is 0 Å². The zero-order valence-electron chi connectivity index (χ0n) is 23.8. The summed E-state index contributed by atoms with van der Waals surface area (Å²) in [7, 11) is 0. The van der Waals surface area contributed by atoms with E-state index in [9.17, 15) is 9.90 Å². The van der Waals surface area contributed by atoms with Crippen LogP contribution < -0.4 is 5.32 Å². The fraction of sp³-hybridized carbons (Fsp3) is 0.968. The monoisotopic (exact) mass is 494 g/mol. The molecule has 0 aromatic heterocycles. The predicted molar refractivity (Wildman–Crippen MR) is 152 cm³/mol. The van der Waals surface area contributed by atoms with Gasteiger partial charge in [-0.3, -0.25) is 9.69 Å². The van der Waals surface area contributed by atoms with Gasteiger partial charge in [0.2, 0.25) is 5.91 Å². The summed E-state index contributed by atoms with van der Waals surface area (Å²) in [5.41, 5.74) is 0. The van der Waals surface area contributed by atoms with Crippen molar-refractivity contribution in [2.24, 2.45) is 5.92 Å². The number of unbranched alkanes of at least 4 members (excludes halogenated alkanes) is 12. The summed E-state index contributed by atoms with van der Waals surface area (Å²) < 4.78 is 0. The standard InChI is InChI=1S/C31H62N2O2/c1-3-5-7-9-11-14-20-29(21-15-12-10-8-6-4-2)28-31(35)32-24-18-13-19-25-33(26-27-34)30-22-16-17-23-30/h29-30,34H,3-28H2,1-2H3,(H,32,35). The molecule has 0 aliphatic heterocycles. The van der Waals surface area contributed by atoms with E-state index in [2.05, 4.69) is 24.1 Å². The molecule has 35 heavy (non-hydrogen) atoms. The molecule has 0 aromatic carbocycles. The van der Waals surface area contributed by atoms with Gasteiger partial charge in [0.05, 0.1) is 6.61 Å². The minimum atomic E-state index is 0.269. The summed E-state index contributed by atoms with van der Waals surface area (Å²) in [4.78, 5) is 15.2. The van der Waals surface area contributed by atoms with Crippen LogP contribution >= 0.6 is 0 Å². The van der Waals surface area contributed by atoms with Crippen molar-refractivity contribution >= 4 is 5.91 Å². The van der Waals surface area contributed by atoms with Crippen LogP contribution in [0, 0.1) is 5.92 Å². The highest BCUT2D eigenvalue weighted by molar-refractivity contribution is 5.76. The first-order valence-electron chi connectivity index (χ1n) is 15.8. The summed E-state index contributed by atoms with van der Waals surface area (Å²) >= 11 is 0. The van der Waals surface area contributed by atoms with Gasteiger partial charge < -0.3 is 10.4 Å². The normalized spacial score (nSPS) is 14.4. The third-order valence-corrected chi connectivity index (χ3v) is 8.08. The van der Waals surface area contributed by atoms with Crippen molar-refractivity contribution in [1.82, 2.24) is 10.2 Å². The lowest BCUT2D eigenvalue weighted by atomic mass is 9.91. The number of amides is 1. The highest BCUT2D eigenvalue weighted by Crippen LogP contribution is 2.24. The summed E-state index contributed by atoms with van der Waals surface area (Å²) in [5, 5.41) is 12.6. The van der Waals surface area contributed by atoms with Gasteiger partial charge in [0.1, 0.15) is 0 Å². The Morgan fingerprint density at radius 2 is 1.31 bits per heavy atom. The number of hydrogen-bond donors (Lipinski definition) is 2. The maximum absolute atomic E-state index is 12.7. The molecule has 0 atom stereocenters. The first-order valence-corrected chi connectivity index (χ1v) is 15.8. The molecule has 1 aliphatic rings. The predicted octanol–water partition coefficient (Wildman–Crippen LogP) is 8.02. The highest BCUT2D eigenvalue weighted by atomic mass is 16.3. The third-order valence-electron chi connectivity index (χ3n) is 8.08. The van der Waals surface area contributed by atoms with E-state index in [4.69, 9.17) is 0 Å². The zero-order valence-corrected chi connectivity index (χ0v) is 23.8. The van der Waals surface area contributed by atoms with E-state index < -0.39 is 0 Å². The number of nitrogens with one attached hydrogen (secondary N) is 1. The van der Waals surface area contributed by atoms with Crippen LogP contribution in [0.1, 0.15) is 155 Å². The van der Waals surface area contributed by atoms with Crippen molar-refractivity contribution in [1.29, 1.82) is 0 Å². The molecular weight excluding hydrogens is 432 g/mol. The fourth-order valence-electron chi connectivity index (χ4n) is 5.83. The Bertz CT molecular complexity index is 449. The molecule has 1 fully saturated rings. The summed E-state index contributed by atoms with van der Waals surface area (Å²) in [6, 6.07) is 0.692. The second kappa shape index (κ2) is 23.8. The Morgan fingerprint density at radius 1 is 0.771 bits per heavy atom. The number of rotatable bonds is 25. The second-order valence-electron chi connectivity index (χ2n) is 11.3. The molecule has 1 saturated carbocycles. The Hall–Kier alpha value is -0.610. The Kier molecular flexibility index (Phi) is 22.0. The van der Waals surface area contributed by atoms with E-state index in [0.717, 1.165) is 38.9 Å². The maximum atomic E-state index is 12.7. The van der Waals surface area contributed by atoms with Gasteiger partial charge in [0.15, 0.2) is 0 Å². The van der Waals surface area contributed by atoms with Crippen LogP contribution in [-0.4, -0.2) is 48.2 Å². The van der Waals surface area contributed by atoms with E-state index in [0.29, 0.717) is 12.0 Å². The highest BCUT2D eigenvalue weighted by Gasteiger charge is 2.21. The van der Waals surface area contributed by atoms with Gasteiger partial charge in [-0.1, -0.05) is 110 Å². The average molecular weight is 495 g/mol. The van der Waals surface area contributed by atoms with Crippen LogP contribution in [0.4, 0.5) is 0 Å². The largest absolute Gasteiger partial charge is 0.395 e. The molecule has 0 unspecified atom stereocenters. The number of carbonyl (C=O) groups is 1. The molecule has 0 heterocycles. The van der Waals surface area contributed by atoms with Gasteiger partial charge in [-0.25, -0.2) is 0 Å². The minimum Gasteiger partial charge on any atom is -0.395 e. The van der Waals surface area contributed by atoms with Crippen LogP contribution in [0.5, 0.6) is 0 Å². The number of aliphatic hydroxyl groups is 1. The SMILES string of the molecule is CCCCCCCCC(CCCCCCCC)CC(=O)NCCCCCN(CCO)C1CCCC1. The van der Waals surface area contributed by atoms with Crippen molar-refractivity contribution in [3.05, 3.63) is 0 Å². The maximum Gasteiger partial charge on any atom is 0.220 e. The molecule has 208 valence electrons. The summed E-state index contributed by atoms with van der Waals surface area (Å²) in [5.74, 6) is 0.852. The number of nitrogens with zero attached hydrogens (tertiary/aromatic N) is 1. The molecule has 4 nitrogen and oxygen atoms in total. The first-order chi connectivity index (χ1) is 17.2. The van der Waals surface area contributed by atoms with Gasteiger partial charge >= 0.3 is 0 Å². The quantitative estimate of drug-likeness (QED) is 0.126. The fourth-order valence-corrected chi connectivity index (χ4v) is 5.83. The van der Waals surface area contributed by atoms with Gasteiger partial charge in [-0.05, 0) is 51.0 Å². The van der Waals surface area contributed by atoms with Crippen molar-refractivity contribution in [3.63, 3.8) is 0 Å². The Balaban J connectivity index is 2.20. The van der Waals surface area contributed by atoms with Gasteiger partial charge in [-0.15, -0.1) is 0 Å².